The summed E-state index contributed by atoms with van der Waals surface area (Å²) in [6.07, 6.45) is 4.24. The van der Waals surface area contributed by atoms with Gasteiger partial charge in [-0.15, -0.1) is 0 Å². The molecule has 1 aliphatic heterocycles. The summed E-state index contributed by atoms with van der Waals surface area (Å²) in [4.78, 5) is 4.57. The van der Waals surface area contributed by atoms with Crippen molar-refractivity contribution in [2.45, 2.75) is 38.6 Å². The van der Waals surface area contributed by atoms with Crippen LogP contribution in [0.2, 0.25) is 0 Å². The van der Waals surface area contributed by atoms with Crippen molar-refractivity contribution in [1.82, 2.24) is 10.3 Å². The Balaban J connectivity index is 1.94. The van der Waals surface area contributed by atoms with E-state index in [4.69, 9.17) is 0 Å². The molecule has 1 aliphatic rings. The summed E-state index contributed by atoms with van der Waals surface area (Å²) in [7, 11) is 0. The summed E-state index contributed by atoms with van der Waals surface area (Å²) in [5.41, 5.74) is 1.37. The van der Waals surface area contributed by atoms with Crippen molar-refractivity contribution in [2.24, 2.45) is 0 Å². The van der Waals surface area contributed by atoms with Gasteiger partial charge in [-0.2, -0.15) is 0 Å². The molecule has 20 heavy (non-hydrogen) atoms. The zero-order valence-electron chi connectivity index (χ0n) is 12.3. The van der Waals surface area contributed by atoms with Crippen molar-refractivity contribution >= 4 is 16.6 Å². The number of piperidine rings is 1. The molecule has 0 unspecified atom stereocenters. The molecule has 106 valence electrons. The topological polar surface area (TPSA) is 37.0 Å². The largest absolute Gasteiger partial charge is 0.367 e. The number of aromatic nitrogens is 1. The quantitative estimate of drug-likeness (QED) is 0.895. The zero-order chi connectivity index (χ0) is 13.9. The molecular weight excluding hydrogens is 246 g/mol. The second-order valence-electron chi connectivity index (χ2n) is 5.96. The number of hydrogen-bond acceptors (Lipinski definition) is 3. The third-order valence-electron chi connectivity index (χ3n) is 4.14. The van der Waals surface area contributed by atoms with Crippen LogP contribution in [0.3, 0.4) is 0 Å². The fourth-order valence-electron chi connectivity index (χ4n) is 2.82. The first-order chi connectivity index (χ1) is 9.74. The molecule has 3 nitrogen and oxygen atoms in total. The molecule has 0 atom stereocenters. The Bertz CT molecular complexity index is 586. The number of anilines is 1. The molecule has 2 heterocycles. The van der Waals surface area contributed by atoms with Gasteiger partial charge in [0.1, 0.15) is 5.82 Å². The summed E-state index contributed by atoms with van der Waals surface area (Å²) in [5.74, 6) is 1.59. The summed E-state index contributed by atoms with van der Waals surface area (Å²) in [6.45, 7) is 6.66. The SMILES string of the molecule is CC(C)c1ccc2ccnc(NC3CCNCC3)c2c1. The van der Waals surface area contributed by atoms with E-state index in [1.807, 2.05) is 6.20 Å². The Kier molecular flexibility index (Phi) is 3.88. The smallest absolute Gasteiger partial charge is 0.134 e. The Labute approximate surface area is 120 Å². The molecule has 3 rings (SSSR count). The van der Waals surface area contributed by atoms with E-state index in [-0.39, 0.29) is 0 Å². The Morgan fingerprint density at radius 3 is 2.75 bits per heavy atom. The molecule has 0 bridgehead atoms. The maximum atomic E-state index is 4.57. The van der Waals surface area contributed by atoms with Crippen molar-refractivity contribution in [3.8, 4) is 0 Å². The number of pyridine rings is 1. The maximum absolute atomic E-state index is 4.57. The van der Waals surface area contributed by atoms with Gasteiger partial charge in [0.25, 0.3) is 0 Å². The van der Waals surface area contributed by atoms with E-state index in [1.165, 1.54) is 29.2 Å². The van der Waals surface area contributed by atoms with E-state index >= 15 is 0 Å². The minimum Gasteiger partial charge on any atom is -0.367 e. The lowest BCUT2D eigenvalue weighted by molar-refractivity contribution is 0.478. The van der Waals surface area contributed by atoms with Gasteiger partial charge in [-0.3, -0.25) is 0 Å². The molecule has 2 N–H and O–H groups in total. The molecule has 0 aliphatic carbocycles. The Morgan fingerprint density at radius 2 is 2.00 bits per heavy atom. The van der Waals surface area contributed by atoms with Gasteiger partial charge in [0, 0.05) is 17.6 Å². The number of benzene rings is 1. The van der Waals surface area contributed by atoms with E-state index in [9.17, 15) is 0 Å². The summed E-state index contributed by atoms with van der Waals surface area (Å²) in [6, 6.07) is 9.35. The van der Waals surface area contributed by atoms with Gasteiger partial charge in [-0.1, -0.05) is 26.0 Å². The molecule has 1 saturated heterocycles. The third kappa shape index (κ3) is 2.78. The lowest BCUT2D eigenvalue weighted by Crippen LogP contribution is -2.35. The van der Waals surface area contributed by atoms with Crippen LogP contribution in [0.25, 0.3) is 10.8 Å². The molecule has 0 spiro atoms. The van der Waals surface area contributed by atoms with Crippen LogP contribution in [-0.4, -0.2) is 24.1 Å². The minimum absolute atomic E-state index is 0.539. The highest BCUT2D eigenvalue weighted by molar-refractivity contribution is 5.92. The maximum Gasteiger partial charge on any atom is 0.134 e. The molecule has 0 saturated carbocycles. The number of nitrogens with one attached hydrogen (secondary N) is 2. The first-order valence-corrected chi connectivity index (χ1v) is 7.60. The van der Waals surface area contributed by atoms with Crippen molar-refractivity contribution in [1.29, 1.82) is 0 Å². The standard InChI is InChI=1S/C17H23N3/c1-12(2)14-4-3-13-5-10-19-17(16(13)11-14)20-15-6-8-18-9-7-15/h3-5,10-12,15,18H,6-9H2,1-2H3,(H,19,20). The van der Waals surface area contributed by atoms with Crippen LogP contribution in [0.5, 0.6) is 0 Å². The highest BCUT2D eigenvalue weighted by atomic mass is 15.0. The van der Waals surface area contributed by atoms with Crippen molar-refractivity contribution < 1.29 is 0 Å². The average molecular weight is 269 g/mol. The van der Waals surface area contributed by atoms with E-state index < -0.39 is 0 Å². The molecule has 0 amide bonds. The van der Waals surface area contributed by atoms with Gasteiger partial charge in [-0.25, -0.2) is 4.98 Å². The van der Waals surface area contributed by atoms with Crippen molar-refractivity contribution in [2.75, 3.05) is 18.4 Å². The van der Waals surface area contributed by atoms with E-state index in [2.05, 4.69) is 53.7 Å². The second-order valence-corrected chi connectivity index (χ2v) is 5.96. The molecule has 1 aromatic heterocycles. The summed E-state index contributed by atoms with van der Waals surface area (Å²) >= 11 is 0. The van der Waals surface area contributed by atoms with Crippen LogP contribution >= 0.6 is 0 Å². The normalized spacial score (nSPS) is 16.8. The number of nitrogens with zero attached hydrogens (tertiary/aromatic N) is 1. The third-order valence-corrected chi connectivity index (χ3v) is 4.14. The number of fused-ring (bicyclic) bond motifs is 1. The second kappa shape index (κ2) is 5.80. The predicted molar refractivity (Wildman–Crippen MR) is 85.3 cm³/mol. The van der Waals surface area contributed by atoms with Crippen molar-refractivity contribution in [3.63, 3.8) is 0 Å². The van der Waals surface area contributed by atoms with E-state index in [0.717, 1.165) is 18.9 Å². The van der Waals surface area contributed by atoms with Gasteiger partial charge < -0.3 is 10.6 Å². The van der Waals surface area contributed by atoms with Crippen LogP contribution < -0.4 is 10.6 Å². The zero-order valence-corrected chi connectivity index (χ0v) is 12.3. The molecule has 0 radical (unpaired) electrons. The van der Waals surface area contributed by atoms with Gasteiger partial charge in [0.05, 0.1) is 0 Å². The highest BCUT2D eigenvalue weighted by Gasteiger charge is 2.14. The Morgan fingerprint density at radius 1 is 1.20 bits per heavy atom. The highest BCUT2D eigenvalue weighted by Crippen LogP contribution is 2.26. The number of rotatable bonds is 3. The molecule has 1 fully saturated rings. The van der Waals surface area contributed by atoms with Crippen LogP contribution in [0.1, 0.15) is 38.2 Å². The van der Waals surface area contributed by atoms with Gasteiger partial charge >= 0.3 is 0 Å². The van der Waals surface area contributed by atoms with E-state index in [0.29, 0.717) is 12.0 Å². The van der Waals surface area contributed by atoms with Gasteiger partial charge in [-0.05, 0) is 54.9 Å². The van der Waals surface area contributed by atoms with E-state index in [1.54, 1.807) is 0 Å². The lowest BCUT2D eigenvalue weighted by Gasteiger charge is -2.24. The van der Waals surface area contributed by atoms with Crippen LogP contribution in [0.15, 0.2) is 30.5 Å². The summed E-state index contributed by atoms with van der Waals surface area (Å²) < 4.78 is 0. The van der Waals surface area contributed by atoms with Crippen LogP contribution in [0.4, 0.5) is 5.82 Å². The van der Waals surface area contributed by atoms with Gasteiger partial charge in [0.15, 0.2) is 0 Å². The first-order valence-electron chi connectivity index (χ1n) is 7.60. The molecule has 1 aromatic carbocycles. The van der Waals surface area contributed by atoms with Gasteiger partial charge in [0.2, 0.25) is 0 Å². The molecule has 2 aromatic rings. The molecular formula is C17H23N3. The van der Waals surface area contributed by atoms with Crippen LogP contribution in [0, 0.1) is 0 Å². The Hall–Kier alpha value is -1.61. The first kappa shape index (κ1) is 13.4. The van der Waals surface area contributed by atoms with Crippen molar-refractivity contribution in [3.05, 3.63) is 36.0 Å². The van der Waals surface area contributed by atoms with Crippen LogP contribution in [-0.2, 0) is 0 Å². The summed E-state index contributed by atoms with van der Waals surface area (Å²) in [5, 5.41) is 9.55. The number of hydrogen-bond donors (Lipinski definition) is 2. The monoisotopic (exact) mass is 269 g/mol. The molecule has 3 heteroatoms. The average Bonchev–Trinajstić information content (AvgIpc) is 2.48. The predicted octanol–water partition coefficient (Wildman–Crippen LogP) is 3.52. The lowest BCUT2D eigenvalue weighted by atomic mass is 9.99. The fraction of sp³-hybridized carbons (Fsp3) is 0.471. The fourth-order valence-corrected chi connectivity index (χ4v) is 2.82. The minimum atomic E-state index is 0.539.